The van der Waals surface area contributed by atoms with Gasteiger partial charge in [0.1, 0.15) is 6.04 Å². The number of nitrogens with one attached hydrogen (secondary N) is 1. The molecular weight excluding hydrogens is 317 g/mol. The summed E-state index contributed by atoms with van der Waals surface area (Å²) in [6.45, 7) is 3.26. The van der Waals surface area contributed by atoms with E-state index in [1.54, 1.807) is 38.1 Å². The lowest BCUT2D eigenvalue weighted by molar-refractivity contribution is -0.202. The summed E-state index contributed by atoms with van der Waals surface area (Å²) in [5, 5.41) is 1.54. The number of benzene rings is 1. The number of carbonyl (C=O) groups is 1. The number of amides is 1. The largest absolute Gasteiger partial charge is 0.405 e. The second-order valence-electron chi connectivity index (χ2n) is 6.12. The number of halogens is 4. The number of hydrogen-bond donors (Lipinski definition) is 1. The van der Waals surface area contributed by atoms with Gasteiger partial charge in [-0.2, -0.15) is 13.2 Å². The summed E-state index contributed by atoms with van der Waals surface area (Å²) >= 11 is 5.85. The number of aryl methyl sites for hydroxylation is 1. The molecule has 1 N–H and O–H groups in total. The predicted molar refractivity (Wildman–Crippen MR) is 78.3 cm³/mol. The van der Waals surface area contributed by atoms with Gasteiger partial charge in [0.25, 0.3) is 0 Å². The zero-order chi connectivity index (χ0) is 16.5. The molecule has 0 bridgehead atoms. The van der Waals surface area contributed by atoms with E-state index in [1.165, 1.54) is 0 Å². The zero-order valence-corrected chi connectivity index (χ0v) is 13.1. The van der Waals surface area contributed by atoms with Crippen LogP contribution in [-0.2, 0) is 11.2 Å². The first kappa shape index (κ1) is 17.1. The third-order valence-corrected chi connectivity index (χ3v) is 4.01. The Morgan fingerprint density at radius 1 is 1.41 bits per heavy atom. The molecule has 1 atom stereocenters. The van der Waals surface area contributed by atoms with Gasteiger partial charge in [0.2, 0.25) is 5.91 Å². The summed E-state index contributed by atoms with van der Waals surface area (Å²) in [5.41, 5.74) is 2.22. The number of hydrogen-bond acceptors (Lipinski definition) is 2. The van der Waals surface area contributed by atoms with Crippen LogP contribution in [0, 0.1) is 0 Å². The molecule has 0 aliphatic carbocycles. The van der Waals surface area contributed by atoms with Crippen molar-refractivity contribution in [3.8, 4) is 0 Å². The Kier molecular flexibility index (Phi) is 4.73. The zero-order valence-electron chi connectivity index (χ0n) is 12.4. The molecule has 0 saturated carbocycles. The summed E-state index contributed by atoms with van der Waals surface area (Å²) in [7, 11) is 0. The Hall–Kier alpha value is -1.27. The van der Waals surface area contributed by atoms with Crippen LogP contribution in [0.15, 0.2) is 24.3 Å². The minimum atomic E-state index is -4.42. The van der Waals surface area contributed by atoms with E-state index < -0.39 is 17.8 Å². The quantitative estimate of drug-likeness (QED) is 0.910. The van der Waals surface area contributed by atoms with Gasteiger partial charge < -0.3 is 0 Å². The monoisotopic (exact) mass is 334 g/mol. The number of rotatable bonds is 4. The maximum Gasteiger partial charge on any atom is 0.405 e. The standard InChI is InChI=1S/C15H18ClF3N2O/c1-14(2)9-13(22)20-21(14)12(15(17,18)19)7-6-10-4-3-5-11(16)8-10/h3-5,8,12H,6-7,9H2,1-2H3,(H,20,22). The van der Waals surface area contributed by atoms with Crippen LogP contribution < -0.4 is 5.43 Å². The number of carbonyl (C=O) groups excluding carboxylic acids is 1. The lowest BCUT2D eigenvalue weighted by Gasteiger charge is -2.37. The van der Waals surface area contributed by atoms with Crippen molar-refractivity contribution in [2.24, 2.45) is 0 Å². The van der Waals surface area contributed by atoms with E-state index in [-0.39, 0.29) is 25.2 Å². The molecule has 0 spiro atoms. The average Bonchev–Trinajstić information content (AvgIpc) is 2.61. The van der Waals surface area contributed by atoms with Gasteiger partial charge in [-0.1, -0.05) is 23.7 Å². The average molecular weight is 335 g/mol. The molecule has 0 aromatic heterocycles. The highest BCUT2D eigenvalue weighted by atomic mass is 35.5. The summed E-state index contributed by atoms with van der Waals surface area (Å²) in [6.07, 6.45) is -4.29. The van der Waals surface area contributed by atoms with Crippen molar-refractivity contribution in [1.29, 1.82) is 0 Å². The highest BCUT2D eigenvalue weighted by molar-refractivity contribution is 6.30. The molecule has 22 heavy (non-hydrogen) atoms. The lowest BCUT2D eigenvalue weighted by Crippen LogP contribution is -2.56. The highest BCUT2D eigenvalue weighted by Gasteiger charge is 2.51. The fourth-order valence-corrected chi connectivity index (χ4v) is 2.95. The van der Waals surface area contributed by atoms with Gasteiger partial charge in [-0.15, -0.1) is 0 Å². The molecule has 1 fully saturated rings. The van der Waals surface area contributed by atoms with Gasteiger partial charge in [0, 0.05) is 17.0 Å². The van der Waals surface area contributed by atoms with Gasteiger partial charge in [0.15, 0.2) is 0 Å². The van der Waals surface area contributed by atoms with E-state index in [1.807, 2.05) is 0 Å². The van der Waals surface area contributed by atoms with Crippen LogP contribution in [0.2, 0.25) is 5.02 Å². The van der Waals surface area contributed by atoms with E-state index in [4.69, 9.17) is 11.6 Å². The number of nitrogens with zero attached hydrogens (tertiary/aromatic N) is 1. The van der Waals surface area contributed by atoms with Crippen molar-refractivity contribution in [2.75, 3.05) is 0 Å². The van der Waals surface area contributed by atoms with Gasteiger partial charge in [-0.05, 0) is 44.4 Å². The van der Waals surface area contributed by atoms with Gasteiger partial charge in [-0.3, -0.25) is 10.2 Å². The van der Waals surface area contributed by atoms with Crippen molar-refractivity contribution < 1.29 is 18.0 Å². The van der Waals surface area contributed by atoms with E-state index >= 15 is 0 Å². The molecule has 1 saturated heterocycles. The molecule has 3 nitrogen and oxygen atoms in total. The lowest BCUT2D eigenvalue weighted by atomic mass is 9.97. The maximum absolute atomic E-state index is 13.4. The van der Waals surface area contributed by atoms with Crippen molar-refractivity contribution in [1.82, 2.24) is 10.4 Å². The van der Waals surface area contributed by atoms with E-state index in [0.29, 0.717) is 5.02 Å². The molecule has 1 aromatic carbocycles. The summed E-state index contributed by atoms with van der Waals surface area (Å²) in [4.78, 5) is 11.5. The molecular formula is C15H18ClF3N2O. The van der Waals surface area contributed by atoms with Gasteiger partial charge in [-0.25, -0.2) is 5.01 Å². The maximum atomic E-state index is 13.4. The van der Waals surface area contributed by atoms with Crippen molar-refractivity contribution in [2.45, 2.75) is 50.9 Å². The molecule has 2 rings (SSSR count). The SMILES string of the molecule is CC1(C)CC(=O)NN1C(CCc1cccc(Cl)c1)C(F)(F)F. The van der Waals surface area contributed by atoms with Crippen molar-refractivity contribution in [3.63, 3.8) is 0 Å². The van der Waals surface area contributed by atoms with Crippen molar-refractivity contribution in [3.05, 3.63) is 34.9 Å². The first-order chi connectivity index (χ1) is 10.1. The normalized spacial score (nSPS) is 20.0. The molecule has 1 heterocycles. The molecule has 122 valence electrons. The van der Waals surface area contributed by atoms with Crippen LogP contribution in [-0.4, -0.2) is 28.7 Å². The molecule has 1 amide bonds. The predicted octanol–water partition coefficient (Wildman–Crippen LogP) is 3.72. The number of alkyl halides is 3. The fourth-order valence-electron chi connectivity index (χ4n) is 2.74. The third kappa shape index (κ3) is 3.93. The Morgan fingerprint density at radius 2 is 2.09 bits per heavy atom. The Balaban J connectivity index is 2.16. The number of hydrazine groups is 1. The minimum absolute atomic E-state index is 0.0523. The second-order valence-corrected chi connectivity index (χ2v) is 6.56. The molecule has 1 aliphatic heterocycles. The van der Waals surface area contributed by atoms with E-state index in [9.17, 15) is 18.0 Å². The second kappa shape index (κ2) is 6.08. The van der Waals surface area contributed by atoms with Gasteiger partial charge in [0.05, 0.1) is 0 Å². The first-order valence-electron chi connectivity index (χ1n) is 6.99. The van der Waals surface area contributed by atoms with Crippen LogP contribution in [0.1, 0.15) is 32.3 Å². The molecule has 0 radical (unpaired) electrons. The summed E-state index contributed by atoms with van der Waals surface area (Å²) in [5.74, 6) is -0.387. The minimum Gasteiger partial charge on any atom is -0.288 e. The topological polar surface area (TPSA) is 32.3 Å². The Morgan fingerprint density at radius 3 is 2.59 bits per heavy atom. The molecule has 1 aromatic rings. The van der Waals surface area contributed by atoms with Crippen molar-refractivity contribution >= 4 is 17.5 Å². The molecule has 1 aliphatic rings. The molecule has 7 heteroatoms. The highest BCUT2D eigenvalue weighted by Crippen LogP contribution is 2.35. The van der Waals surface area contributed by atoms with Crippen LogP contribution in [0.25, 0.3) is 0 Å². The third-order valence-electron chi connectivity index (χ3n) is 3.78. The van der Waals surface area contributed by atoms with Crippen LogP contribution in [0.4, 0.5) is 13.2 Å². The van der Waals surface area contributed by atoms with Gasteiger partial charge >= 0.3 is 6.18 Å². The summed E-state index contributed by atoms with van der Waals surface area (Å²) < 4.78 is 40.2. The van der Waals surface area contributed by atoms with Crippen LogP contribution in [0.3, 0.4) is 0 Å². The fraction of sp³-hybridized carbons (Fsp3) is 0.533. The van der Waals surface area contributed by atoms with E-state index in [2.05, 4.69) is 5.43 Å². The Bertz CT molecular complexity index is 560. The van der Waals surface area contributed by atoms with E-state index in [0.717, 1.165) is 10.6 Å². The smallest absolute Gasteiger partial charge is 0.288 e. The Labute approximate surface area is 132 Å². The molecule has 1 unspecified atom stereocenters. The first-order valence-corrected chi connectivity index (χ1v) is 7.37. The summed E-state index contributed by atoms with van der Waals surface area (Å²) in [6, 6.07) is 5.06. The van der Waals surface area contributed by atoms with Crippen LogP contribution >= 0.6 is 11.6 Å². The van der Waals surface area contributed by atoms with Crippen LogP contribution in [0.5, 0.6) is 0 Å².